The molecule has 0 saturated carbocycles. The number of ether oxygens (including phenoxy) is 1. The molecular formula is C14H12BrClN2O2S. The SMILES string of the molecule is O=C(c1csc(Br)n1)N1CCC(Oc2ccc(Cl)cc2)C1. The van der Waals surface area contributed by atoms with Crippen molar-refractivity contribution in [1.82, 2.24) is 9.88 Å². The summed E-state index contributed by atoms with van der Waals surface area (Å²) in [6.07, 6.45) is 0.830. The van der Waals surface area contributed by atoms with Gasteiger partial charge in [-0.05, 0) is 40.2 Å². The van der Waals surface area contributed by atoms with Crippen molar-refractivity contribution in [3.8, 4) is 5.75 Å². The van der Waals surface area contributed by atoms with E-state index in [9.17, 15) is 4.79 Å². The number of carbonyl (C=O) groups excluding carboxylic acids is 1. The number of rotatable bonds is 3. The lowest BCUT2D eigenvalue weighted by Crippen LogP contribution is -2.31. The van der Waals surface area contributed by atoms with E-state index >= 15 is 0 Å². The molecular weight excluding hydrogens is 376 g/mol. The lowest BCUT2D eigenvalue weighted by Gasteiger charge is -2.16. The molecule has 4 nitrogen and oxygen atoms in total. The zero-order valence-electron chi connectivity index (χ0n) is 11.0. The van der Waals surface area contributed by atoms with E-state index in [0.29, 0.717) is 23.8 Å². The molecule has 0 aliphatic carbocycles. The van der Waals surface area contributed by atoms with E-state index in [4.69, 9.17) is 16.3 Å². The molecule has 1 aromatic heterocycles. The van der Waals surface area contributed by atoms with Crippen molar-refractivity contribution in [1.29, 1.82) is 0 Å². The normalized spacial score (nSPS) is 18.0. The zero-order valence-corrected chi connectivity index (χ0v) is 14.1. The Kier molecular flexibility index (Phi) is 4.47. The first-order valence-electron chi connectivity index (χ1n) is 6.44. The van der Waals surface area contributed by atoms with E-state index in [1.165, 1.54) is 11.3 Å². The monoisotopic (exact) mass is 386 g/mol. The standard InChI is InChI=1S/C14H12BrClN2O2S/c15-14-17-12(8-21-14)13(19)18-6-5-11(7-18)20-10-3-1-9(16)2-4-10/h1-4,8,11H,5-7H2. The van der Waals surface area contributed by atoms with Crippen molar-refractivity contribution in [3.63, 3.8) is 0 Å². The van der Waals surface area contributed by atoms with Gasteiger partial charge in [0.1, 0.15) is 17.5 Å². The van der Waals surface area contributed by atoms with Crippen LogP contribution in [0, 0.1) is 0 Å². The third-order valence-electron chi connectivity index (χ3n) is 3.24. The molecule has 7 heteroatoms. The molecule has 1 aromatic carbocycles. The van der Waals surface area contributed by atoms with Crippen LogP contribution < -0.4 is 4.74 Å². The van der Waals surface area contributed by atoms with Gasteiger partial charge in [-0.15, -0.1) is 11.3 Å². The van der Waals surface area contributed by atoms with E-state index < -0.39 is 0 Å². The highest BCUT2D eigenvalue weighted by Gasteiger charge is 2.29. The second-order valence-corrected chi connectivity index (χ2v) is 7.29. The predicted octanol–water partition coefficient (Wildman–Crippen LogP) is 3.85. The average Bonchev–Trinajstić information content (AvgIpc) is 3.10. The summed E-state index contributed by atoms with van der Waals surface area (Å²) < 4.78 is 6.59. The second kappa shape index (κ2) is 6.34. The van der Waals surface area contributed by atoms with E-state index in [1.54, 1.807) is 22.4 Å². The average molecular weight is 388 g/mol. The van der Waals surface area contributed by atoms with Crippen molar-refractivity contribution >= 4 is 44.8 Å². The maximum atomic E-state index is 12.3. The Morgan fingerprint density at radius 1 is 1.43 bits per heavy atom. The maximum absolute atomic E-state index is 12.3. The van der Waals surface area contributed by atoms with Crippen molar-refractivity contribution < 1.29 is 9.53 Å². The number of aromatic nitrogens is 1. The highest BCUT2D eigenvalue weighted by molar-refractivity contribution is 9.11. The summed E-state index contributed by atoms with van der Waals surface area (Å²) in [5.74, 6) is 0.731. The Morgan fingerprint density at radius 2 is 2.19 bits per heavy atom. The first-order chi connectivity index (χ1) is 10.1. The van der Waals surface area contributed by atoms with Gasteiger partial charge in [-0.1, -0.05) is 11.6 Å². The van der Waals surface area contributed by atoms with E-state index in [0.717, 1.165) is 16.1 Å². The summed E-state index contributed by atoms with van der Waals surface area (Å²) in [5.41, 5.74) is 0.485. The molecule has 2 heterocycles. The molecule has 1 amide bonds. The molecule has 21 heavy (non-hydrogen) atoms. The highest BCUT2D eigenvalue weighted by atomic mass is 79.9. The van der Waals surface area contributed by atoms with Gasteiger partial charge in [-0.3, -0.25) is 4.79 Å². The number of nitrogens with zero attached hydrogens (tertiary/aromatic N) is 2. The van der Waals surface area contributed by atoms with Crippen LogP contribution >= 0.6 is 38.9 Å². The Morgan fingerprint density at radius 3 is 2.86 bits per heavy atom. The van der Waals surface area contributed by atoms with Gasteiger partial charge >= 0.3 is 0 Å². The molecule has 110 valence electrons. The minimum Gasteiger partial charge on any atom is -0.489 e. The Bertz CT molecular complexity index is 647. The van der Waals surface area contributed by atoms with Gasteiger partial charge in [-0.2, -0.15) is 0 Å². The number of benzene rings is 1. The molecule has 0 radical (unpaired) electrons. The second-order valence-electron chi connectivity index (χ2n) is 4.72. The maximum Gasteiger partial charge on any atom is 0.273 e. The fourth-order valence-corrected chi connectivity index (χ4v) is 3.34. The van der Waals surface area contributed by atoms with Crippen LogP contribution in [0.3, 0.4) is 0 Å². The molecule has 1 aliphatic rings. The van der Waals surface area contributed by atoms with Crippen molar-refractivity contribution in [2.24, 2.45) is 0 Å². The van der Waals surface area contributed by atoms with E-state index in [-0.39, 0.29) is 12.0 Å². The summed E-state index contributed by atoms with van der Waals surface area (Å²) >= 11 is 10.5. The van der Waals surface area contributed by atoms with Crippen LogP contribution in [0.1, 0.15) is 16.9 Å². The summed E-state index contributed by atoms with van der Waals surface area (Å²) in [7, 11) is 0. The number of amides is 1. The van der Waals surface area contributed by atoms with Crippen LogP contribution in [0.4, 0.5) is 0 Å². The largest absolute Gasteiger partial charge is 0.489 e. The van der Waals surface area contributed by atoms with E-state index in [1.807, 2.05) is 12.1 Å². The lowest BCUT2D eigenvalue weighted by atomic mass is 10.3. The van der Waals surface area contributed by atoms with Crippen LogP contribution in [-0.4, -0.2) is 35.0 Å². The van der Waals surface area contributed by atoms with Gasteiger partial charge in [0.2, 0.25) is 0 Å². The minimum absolute atomic E-state index is 0.0113. The minimum atomic E-state index is -0.0424. The van der Waals surface area contributed by atoms with Crippen molar-refractivity contribution in [2.45, 2.75) is 12.5 Å². The number of carbonyl (C=O) groups is 1. The summed E-state index contributed by atoms with van der Waals surface area (Å²) in [6.45, 7) is 1.27. The number of thiazole rings is 1. The number of hydrogen-bond donors (Lipinski definition) is 0. The molecule has 1 unspecified atom stereocenters. The third kappa shape index (κ3) is 3.56. The Labute approximate surface area is 139 Å². The smallest absolute Gasteiger partial charge is 0.273 e. The molecule has 1 aliphatic heterocycles. The van der Waals surface area contributed by atoms with Crippen molar-refractivity contribution in [2.75, 3.05) is 13.1 Å². The van der Waals surface area contributed by atoms with Crippen LogP contribution in [0.5, 0.6) is 5.75 Å². The van der Waals surface area contributed by atoms with Gasteiger partial charge < -0.3 is 9.64 Å². The zero-order chi connectivity index (χ0) is 14.8. The van der Waals surface area contributed by atoms with Gasteiger partial charge in [-0.25, -0.2) is 4.98 Å². The molecule has 3 rings (SSSR count). The van der Waals surface area contributed by atoms with Crippen LogP contribution in [0.2, 0.25) is 5.02 Å². The first kappa shape index (κ1) is 14.8. The fourth-order valence-electron chi connectivity index (χ4n) is 2.23. The molecule has 0 spiro atoms. The van der Waals surface area contributed by atoms with Crippen LogP contribution in [-0.2, 0) is 0 Å². The highest BCUT2D eigenvalue weighted by Crippen LogP contribution is 2.23. The molecule has 1 atom stereocenters. The number of likely N-dealkylation sites (tertiary alicyclic amines) is 1. The van der Waals surface area contributed by atoms with Gasteiger partial charge in [0.05, 0.1) is 6.54 Å². The van der Waals surface area contributed by atoms with E-state index in [2.05, 4.69) is 20.9 Å². The van der Waals surface area contributed by atoms with Gasteiger partial charge in [0.25, 0.3) is 5.91 Å². The third-order valence-corrected chi connectivity index (χ3v) is 4.86. The predicted molar refractivity (Wildman–Crippen MR) is 86.2 cm³/mol. The molecule has 1 saturated heterocycles. The summed E-state index contributed by atoms with van der Waals surface area (Å²) in [6, 6.07) is 7.26. The van der Waals surface area contributed by atoms with Gasteiger partial charge in [0, 0.05) is 23.4 Å². The Balaban J connectivity index is 1.60. The quantitative estimate of drug-likeness (QED) is 0.803. The molecule has 0 bridgehead atoms. The summed E-state index contributed by atoms with van der Waals surface area (Å²) in [5, 5.41) is 2.44. The number of hydrogen-bond acceptors (Lipinski definition) is 4. The lowest BCUT2D eigenvalue weighted by molar-refractivity contribution is 0.0767. The first-order valence-corrected chi connectivity index (χ1v) is 8.49. The molecule has 2 aromatic rings. The van der Waals surface area contributed by atoms with Gasteiger partial charge in [0.15, 0.2) is 3.92 Å². The Hall–Kier alpha value is -1.11. The summed E-state index contributed by atoms with van der Waals surface area (Å²) in [4.78, 5) is 18.2. The molecule has 1 fully saturated rings. The fraction of sp³-hybridized carbons (Fsp3) is 0.286. The van der Waals surface area contributed by atoms with Crippen LogP contribution in [0.25, 0.3) is 0 Å². The molecule has 0 N–H and O–H groups in total. The van der Waals surface area contributed by atoms with Crippen molar-refractivity contribution in [3.05, 3.63) is 44.3 Å². The number of halogens is 2. The van der Waals surface area contributed by atoms with Crippen LogP contribution in [0.15, 0.2) is 33.6 Å². The topological polar surface area (TPSA) is 42.4 Å².